The van der Waals surface area contributed by atoms with Gasteiger partial charge in [-0.1, -0.05) is 110 Å². The fourth-order valence-corrected chi connectivity index (χ4v) is 3.99. The number of nitrogens with zero attached hydrogens (tertiary/aromatic N) is 1. The summed E-state index contributed by atoms with van der Waals surface area (Å²) < 4.78 is 35.3. The molecule has 0 aliphatic carbocycles. The highest BCUT2D eigenvalue weighted by molar-refractivity contribution is 7.79. The number of unbranched alkanes of at least 4 members (excludes halogenated alkanes) is 17. The van der Waals surface area contributed by atoms with Crippen molar-refractivity contribution in [2.75, 3.05) is 27.2 Å². The van der Waals surface area contributed by atoms with E-state index < -0.39 is 10.4 Å². The van der Waals surface area contributed by atoms with E-state index >= 15 is 0 Å². The van der Waals surface area contributed by atoms with Crippen molar-refractivity contribution in [2.24, 2.45) is 0 Å². The van der Waals surface area contributed by atoms with E-state index in [9.17, 15) is 0 Å². The summed E-state index contributed by atoms with van der Waals surface area (Å²) in [5.74, 6) is 0. The smallest absolute Gasteiger partial charge is 0.759 e. The highest BCUT2D eigenvalue weighted by Gasteiger charge is 2.13. The molecule has 0 saturated heterocycles. The predicted molar refractivity (Wildman–Crippen MR) is 133 cm³/mol. The van der Waals surface area contributed by atoms with Gasteiger partial charge in [0.1, 0.15) is 0 Å². The molecule has 0 aromatic carbocycles. The fourth-order valence-electron chi connectivity index (χ4n) is 3.99. The largest absolute Gasteiger partial charge is 1.00 e. The first kappa shape index (κ1) is 33.0. The average Bonchev–Trinajstić information content (AvgIpc) is 2.67. The zero-order valence-corrected chi connectivity index (χ0v) is 22.2. The first-order chi connectivity index (χ1) is 14.6. The predicted octanol–water partition coefficient (Wildman–Crippen LogP) is 7.29. The molecule has 0 amide bonds. The summed E-state index contributed by atoms with van der Waals surface area (Å²) >= 11 is 0. The lowest BCUT2D eigenvalue weighted by Gasteiger charge is -2.30. The van der Waals surface area contributed by atoms with Crippen LogP contribution in [0.3, 0.4) is 0 Å². The summed E-state index contributed by atoms with van der Waals surface area (Å²) in [4.78, 5) is 0. The molecule has 6 heteroatoms. The van der Waals surface area contributed by atoms with E-state index in [-0.39, 0.29) is 1.43 Å². The molecule has 0 aromatic heterocycles. The highest BCUT2D eigenvalue weighted by Crippen LogP contribution is 2.13. The summed E-state index contributed by atoms with van der Waals surface area (Å²) in [6, 6.07) is 0. The van der Waals surface area contributed by atoms with E-state index in [0.29, 0.717) is 0 Å². The lowest BCUT2D eigenvalue weighted by molar-refractivity contribution is -0.890. The number of hydrogen-bond acceptors (Lipinski definition) is 4. The third kappa shape index (κ3) is 37.5. The van der Waals surface area contributed by atoms with Crippen molar-refractivity contribution < 1.29 is 23.4 Å². The van der Waals surface area contributed by atoms with Crippen LogP contribution in [-0.4, -0.2) is 49.2 Å². The first-order valence-electron chi connectivity index (χ1n) is 13.1. The van der Waals surface area contributed by atoms with E-state index in [4.69, 9.17) is 17.5 Å². The number of rotatable bonds is 21. The molecule has 0 aliphatic rings. The van der Waals surface area contributed by atoms with Crippen LogP contribution >= 0.6 is 0 Å². The topological polar surface area (TPSA) is 80.3 Å². The average molecular weight is 466 g/mol. The second-order valence-electron chi connectivity index (χ2n) is 9.80. The van der Waals surface area contributed by atoms with Crippen LogP contribution in [0, 0.1) is 0 Å². The molecule has 0 aromatic rings. The Bertz CT molecular complexity index is 451. The molecule has 0 N–H and O–H groups in total. The maximum absolute atomic E-state index is 8.52. The molecule has 0 atom stereocenters. The Labute approximate surface area is 197 Å². The Hall–Kier alpha value is -0.170. The molecule has 0 heterocycles. The number of hydrogen-bond donors (Lipinski definition) is 0. The summed E-state index contributed by atoms with van der Waals surface area (Å²) in [6.07, 6.45) is 27.5. The van der Waals surface area contributed by atoms with Gasteiger partial charge in [-0.3, -0.25) is 8.42 Å². The van der Waals surface area contributed by atoms with E-state index in [2.05, 4.69) is 27.9 Å². The Balaban J connectivity index is -0.00000125. The molecular formula is C25H55NO4S. The fraction of sp³-hybridized carbons (Fsp3) is 1.00. The third-order valence-corrected chi connectivity index (χ3v) is 5.98. The summed E-state index contributed by atoms with van der Waals surface area (Å²) in [6.45, 7) is 7.37. The zero-order valence-electron chi connectivity index (χ0n) is 22.3. The maximum atomic E-state index is 8.52. The van der Waals surface area contributed by atoms with Crippen LogP contribution in [-0.2, 0) is 10.4 Å². The standard InChI is InChI=1S/C25H54N.H2O4S/c1-5-7-9-11-13-15-17-19-21-23-25-26(3,4)24-22-20-18-16-14-12-10-8-6-2;1-5(2,3)4/h5-25H2,1-4H3;(H2,1,2,3,4)/q+1;/p-1. The van der Waals surface area contributed by atoms with Gasteiger partial charge < -0.3 is 13.6 Å². The first-order valence-corrected chi connectivity index (χ1v) is 14.4. The summed E-state index contributed by atoms with van der Waals surface area (Å²) in [5.41, 5.74) is 0. The van der Waals surface area contributed by atoms with Crippen LogP contribution < -0.4 is 0 Å². The second-order valence-corrected chi connectivity index (χ2v) is 10.6. The van der Waals surface area contributed by atoms with Crippen LogP contribution in [0.2, 0.25) is 0 Å². The lowest BCUT2D eigenvalue weighted by atomic mass is 10.1. The van der Waals surface area contributed by atoms with E-state index in [1.807, 2.05) is 0 Å². The molecule has 0 radical (unpaired) electrons. The minimum Gasteiger partial charge on any atom is -0.759 e. The van der Waals surface area contributed by atoms with Gasteiger partial charge >= 0.3 is 1.43 Å². The van der Waals surface area contributed by atoms with Crippen LogP contribution in [0.4, 0.5) is 0 Å². The van der Waals surface area contributed by atoms with Gasteiger partial charge in [0.25, 0.3) is 0 Å². The lowest BCUT2D eigenvalue weighted by Crippen LogP contribution is -2.41. The van der Waals surface area contributed by atoms with Gasteiger partial charge in [0.15, 0.2) is 0 Å². The molecule has 0 saturated carbocycles. The molecular weight excluding hydrogens is 410 g/mol. The second kappa shape index (κ2) is 23.0. The molecule has 0 fully saturated rings. The van der Waals surface area contributed by atoms with Gasteiger partial charge in [-0.2, -0.15) is 0 Å². The van der Waals surface area contributed by atoms with E-state index in [1.54, 1.807) is 0 Å². The third-order valence-electron chi connectivity index (χ3n) is 5.98. The molecule has 5 nitrogen and oxygen atoms in total. The van der Waals surface area contributed by atoms with Gasteiger partial charge in [-0.25, -0.2) is 0 Å². The molecule has 190 valence electrons. The van der Waals surface area contributed by atoms with Crippen molar-refractivity contribution in [1.82, 2.24) is 0 Å². The van der Waals surface area contributed by atoms with Gasteiger partial charge in [0, 0.05) is 10.4 Å². The SMILES string of the molecule is CCCCCCCCCCCC[N+](C)(C)CCCCCCCCCCC.O=S(=O)([O-])[O-].[H+]. The molecule has 0 unspecified atom stereocenters. The van der Waals surface area contributed by atoms with E-state index in [1.165, 1.54) is 140 Å². The van der Waals surface area contributed by atoms with Gasteiger partial charge in [0.05, 0.1) is 27.2 Å². The Kier molecular flexibility index (Phi) is 24.5. The van der Waals surface area contributed by atoms with Crippen molar-refractivity contribution in [3.05, 3.63) is 0 Å². The van der Waals surface area contributed by atoms with Crippen molar-refractivity contribution in [1.29, 1.82) is 0 Å². The van der Waals surface area contributed by atoms with Crippen molar-refractivity contribution in [3.63, 3.8) is 0 Å². The van der Waals surface area contributed by atoms with Crippen LogP contribution in [0.15, 0.2) is 0 Å². The Morgan fingerprint density at radius 1 is 0.516 bits per heavy atom. The molecule has 0 rings (SSSR count). The van der Waals surface area contributed by atoms with Crippen molar-refractivity contribution >= 4 is 10.4 Å². The summed E-state index contributed by atoms with van der Waals surface area (Å²) in [5, 5.41) is 0. The van der Waals surface area contributed by atoms with Crippen LogP contribution in [0.1, 0.15) is 137 Å². The van der Waals surface area contributed by atoms with Crippen molar-refractivity contribution in [2.45, 2.75) is 136 Å². The van der Waals surface area contributed by atoms with Gasteiger partial charge in [0.2, 0.25) is 0 Å². The van der Waals surface area contributed by atoms with Crippen LogP contribution in [0.25, 0.3) is 0 Å². The Morgan fingerprint density at radius 3 is 0.935 bits per heavy atom. The van der Waals surface area contributed by atoms with Crippen molar-refractivity contribution in [3.8, 4) is 0 Å². The van der Waals surface area contributed by atoms with Gasteiger partial charge in [-0.15, -0.1) is 0 Å². The highest BCUT2D eigenvalue weighted by atomic mass is 32.3. The molecule has 31 heavy (non-hydrogen) atoms. The zero-order chi connectivity index (χ0) is 23.8. The normalized spacial score (nSPS) is 11.9. The molecule has 0 spiro atoms. The quantitative estimate of drug-likeness (QED) is 0.0771. The molecule has 0 bridgehead atoms. The minimum absolute atomic E-state index is 0. The van der Waals surface area contributed by atoms with Crippen LogP contribution in [0.5, 0.6) is 0 Å². The number of quaternary nitrogens is 1. The summed E-state index contributed by atoms with van der Waals surface area (Å²) in [7, 11) is -0.281. The maximum Gasteiger partial charge on any atom is 1.00 e. The van der Waals surface area contributed by atoms with E-state index in [0.717, 1.165) is 0 Å². The Morgan fingerprint density at radius 2 is 0.710 bits per heavy atom. The molecule has 0 aliphatic heterocycles. The monoisotopic (exact) mass is 465 g/mol. The van der Waals surface area contributed by atoms with Gasteiger partial charge in [-0.05, 0) is 25.7 Å². The minimum atomic E-state index is -5.17.